The Morgan fingerprint density at radius 2 is 2.19 bits per heavy atom. The minimum atomic E-state index is 0.365. The molecule has 1 atom stereocenters. The Morgan fingerprint density at radius 1 is 1.31 bits per heavy atom. The summed E-state index contributed by atoms with van der Waals surface area (Å²) in [5, 5.41) is 0. The molecule has 2 heterocycles. The molecule has 0 bridgehead atoms. The Balaban J connectivity index is 1.90. The molecule has 0 N–H and O–H groups in total. The zero-order chi connectivity index (χ0) is 11.0. The fraction of sp³-hybridized carbons (Fsp3) is 0.462. The van der Waals surface area contributed by atoms with Crippen molar-refractivity contribution in [2.45, 2.75) is 18.9 Å². The predicted octanol–water partition coefficient (Wildman–Crippen LogP) is 1.78. The van der Waals surface area contributed by atoms with E-state index in [1.54, 1.807) is 0 Å². The Bertz CT molecular complexity index is 416. The van der Waals surface area contributed by atoms with Gasteiger partial charge in [-0.2, -0.15) is 0 Å². The van der Waals surface area contributed by atoms with Crippen LogP contribution in [-0.4, -0.2) is 30.4 Å². The molecule has 1 unspecified atom stereocenters. The van der Waals surface area contributed by atoms with Gasteiger partial charge in [0, 0.05) is 31.0 Å². The molecule has 1 aromatic rings. The smallest absolute Gasteiger partial charge is 0.148 e. The number of fused-ring (bicyclic) bond motifs is 1. The third-order valence-electron chi connectivity index (χ3n) is 3.42. The predicted molar refractivity (Wildman–Crippen MR) is 60.5 cm³/mol. The highest BCUT2D eigenvalue weighted by molar-refractivity contribution is 5.82. The molecule has 1 saturated heterocycles. The number of ketones is 1. The van der Waals surface area contributed by atoms with Crippen LogP contribution in [0.4, 0.5) is 0 Å². The second-order valence-electron chi connectivity index (χ2n) is 4.45. The lowest BCUT2D eigenvalue weighted by molar-refractivity contribution is -0.117. The number of ether oxygens (including phenoxy) is 1. The lowest BCUT2D eigenvalue weighted by Crippen LogP contribution is -2.30. The van der Waals surface area contributed by atoms with Crippen molar-refractivity contribution in [1.82, 2.24) is 4.90 Å². The first-order valence-corrected chi connectivity index (χ1v) is 5.82. The third kappa shape index (κ3) is 1.61. The van der Waals surface area contributed by atoms with E-state index in [1.807, 2.05) is 18.2 Å². The number of carbonyl (C=O) groups excluding carboxylic acids is 1. The van der Waals surface area contributed by atoms with E-state index in [1.165, 1.54) is 5.56 Å². The molecule has 2 aliphatic rings. The van der Waals surface area contributed by atoms with Gasteiger partial charge >= 0.3 is 0 Å². The number of hydrogen-bond acceptors (Lipinski definition) is 3. The molecule has 0 radical (unpaired) electrons. The van der Waals surface area contributed by atoms with E-state index >= 15 is 0 Å². The van der Waals surface area contributed by atoms with Crippen molar-refractivity contribution in [1.29, 1.82) is 0 Å². The van der Waals surface area contributed by atoms with Gasteiger partial charge in [-0.25, -0.2) is 0 Å². The molecule has 1 aromatic carbocycles. The van der Waals surface area contributed by atoms with Crippen LogP contribution in [-0.2, 0) is 4.79 Å². The van der Waals surface area contributed by atoms with Crippen molar-refractivity contribution in [3.63, 3.8) is 0 Å². The highest BCUT2D eigenvalue weighted by Gasteiger charge is 2.31. The molecule has 0 aliphatic carbocycles. The molecule has 0 aromatic heterocycles. The van der Waals surface area contributed by atoms with Crippen LogP contribution in [0.1, 0.15) is 24.4 Å². The van der Waals surface area contributed by atoms with Crippen molar-refractivity contribution in [2.75, 3.05) is 19.7 Å². The molecule has 3 nitrogen and oxygen atoms in total. The normalized spacial score (nSPS) is 25.2. The molecule has 84 valence electrons. The molecule has 3 rings (SSSR count). The second-order valence-corrected chi connectivity index (χ2v) is 4.45. The van der Waals surface area contributed by atoms with Crippen LogP contribution < -0.4 is 4.74 Å². The van der Waals surface area contributed by atoms with Gasteiger partial charge in [0.15, 0.2) is 0 Å². The number of rotatable bonds is 1. The SMILES string of the molecule is O=C1CCN(C2CCOc3ccccc32)C1. The fourth-order valence-electron chi connectivity index (χ4n) is 2.62. The largest absolute Gasteiger partial charge is 0.493 e. The number of benzene rings is 1. The van der Waals surface area contributed by atoms with E-state index in [4.69, 9.17) is 4.74 Å². The molecule has 16 heavy (non-hydrogen) atoms. The number of hydrogen-bond donors (Lipinski definition) is 0. The van der Waals surface area contributed by atoms with Gasteiger partial charge in [0.25, 0.3) is 0 Å². The van der Waals surface area contributed by atoms with Crippen LogP contribution in [0.5, 0.6) is 5.75 Å². The van der Waals surface area contributed by atoms with Crippen LogP contribution in [0.3, 0.4) is 0 Å². The third-order valence-corrected chi connectivity index (χ3v) is 3.42. The zero-order valence-electron chi connectivity index (χ0n) is 9.19. The summed E-state index contributed by atoms with van der Waals surface area (Å²) in [6.07, 6.45) is 1.70. The maximum atomic E-state index is 11.3. The number of Topliss-reactive ketones (excluding diaryl/α,β-unsaturated/α-hetero) is 1. The van der Waals surface area contributed by atoms with Gasteiger partial charge in [-0.1, -0.05) is 18.2 Å². The molecule has 0 saturated carbocycles. The van der Waals surface area contributed by atoms with Crippen LogP contribution in [0.25, 0.3) is 0 Å². The van der Waals surface area contributed by atoms with Gasteiger partial charge < -0.3 is 4.74 Å². The summed E-state index contributed by atoms with van der Waals surface area (Å²) in [6, 6.07) is 8.53. The lowest BCUT2D eigenvalue weighted by Gasteiger charge is -2.32. The molecule has 1 fully saturated rings. The van der Waals surface area contributed by atoms with Crippen molar-refractivity contribution in [3.8, 4) is 5.75 Å². The Kier molecular flexibility index (Phi) is 2.40. The van der Waals surface area contributed by atoms with Gasteiger partial charge in [0.05, 0.1) is 13.2 Å². The highest BCUT2D eigenvalue weighted by Crippen LogP contribution is 2.36. The van der Waals surface area contributed by atoms with E-state index in [0.29, 0.717) is 24.8 Å². The summed E-state index contributed by atoms with van der Waals surface area (Å²) in [7, 11) is 0. The zero-order valence-corrected chi connectivity index (χ0v) is 9.19. The molecular weight excluding hydrogens is 202 g/mol. The Morgan fingerprint density at radius 3 is 3.00 bits per heavy atom. The monoisotopic (exact) mass is 217 g/mol. The van der Waals surface area contributed by atoms with Crippen molar-refractivity contribution in [2.24, 2.45) is 0 Å². The summed E-state index contributed by atoms with van der Waals surface area (Å²) in [5.41, 5.74) is 1.24. The minimum Gasteiger partial charge on any atom is -0.493 e. The van der Waals surface area contributed by atoms with Gasteiger partial charge in [-0.05, 0) is 6.07 Å². The van der Waals surface area contributed by atoms with E-state index in [9.17, 15) is 4.79 Å². The van der Waals surface area contributed by atoms with Gasteiger partial charge in [0.1, 0.15) is 11.5 Å². The molecule has 0 spiro atoms. The van der Waals surface area contributed by atoms with Crippen LogP contribution in [0.15, 0.2) is 24.3 Å². The summed E-state index contributed by atoms with van der Waals surface area (Å²) < 4.78 is 5.63. The molecule has 3 heteroatoms. The summed E-state index contributed by atoms with van der Waals surface area (Å²) in [5.74, 6) is 1.35. The topological polar surface area (TPSA) is 29.5 Å². The van der Waals surface area contributed by atoms with E-state index in [-0.39, 0.29) is 0 Å². The average Bonchev–Trinajstić information content (AvgIpc) is 2.75. The first-order chi connectivity index (χ1) is 7.84. The number of para-hydroxylation sites is 1. The lowest BCUT2D eigenvalue weighted by atomic mass is 9.99. The van der Waals surface area contributed by atoms with Crippen molar-refractivity contribution >= 4 is 5.78 Å². The Hall–Kier alpha value is -1.35. The van der Waals surface area contributed by atoms with Gasteiger partial charge in [-0.15, -0.1) is 0 Å². The quantitative estimate of drug-likeness (QED) is 0.718. The van der Waals surface area contributed by atoms with Crippen LogP contribution >= 0.6 is 0 Å². The minimum absolute atomic E-state index is 0.365. The standard InChI is InChI=1S/C13H15NO2/c15-10-5-7-14(9-10)12-6-8-16-13-4-2-1-3-11(12)13/h1-4,12H,5-9H2. The first kappa shape index (κ1) is 9.85. The van der Waals surface area contributed by atoms with Crippen molar-refractivity contribution in [3.05, 3.63) is 29.8 Å². The maximum absolute atomic E-state index is 11.3. The maximum Gasteiger partial charge on any atom is 0.148 e. The Labute approximate surface area is 95.0 Å². The van der Waals surface area contributed by atoms with Crippen molar-refractivity contribution < 1.29 is 9.53 Å². The summed E-state index contributed by atoms with van der Waals surface area (Å²) >= 11 is 0. The molecule has 2 aliphatic heterocycles. The van der Waals surface area contributed by atoms with Gasteiger partial charge in [-0.3, -0.25) is 9.69 Å². The molecular formula is C13H15NO2. The molecule has 0 amide bonds. The second kappa shape index (κ2) is 3.91. The van der Waals surface area contributed by atoms with E-state index < -0.39 is 0 Å². The van der Waals surface area contributed by atoms with Crippen LogP contribution in [0, 0.1) is 0 Å². The average molecular weight is 217 g/mol. The van der Waals surface area contributed by atoms with E-state index in [2.05, 4.69) is 11.0 Å². The first-order valence-electron chi connectivity index (χ1n) is 5.82. The van der Waals surface area contributed by atoms with Crippen LogP contribution in [0.2, 0.25) is 0 Å². The summed E-state index contributed by atoms with van der Waals surface area (Å²) in [4.78, 5) is 13.6. The number of carbonyl (C=O) groups is 1. The van der Waals surface area contributed by atoms with E-state index in [0.717, 1.165) is 25.3 Å². The number of nitrogens with zero attached hydrogens (tertiary/aromatic N) is 1. The summed E-state index contributed by atoms with van der Waals surface area (Å²) in [6.45, 7) is 2.27. The number of likely N-dealkylation sites (tertiary alicyclic amines) is 1. The fourth-order valence-corrected chi connectivity index (χ4v) is 2.62. The highest BCUT2D eigenvalue weighted by atomic mass is 16.5. The van der Waals surface area contributed by atoms with Gasteiger partial charge in [0.2, 0.25) is 0 Å².